The second-order valence-corrected chi connectivity index (χ2v) is 10.2. The van der Waals surface area contributed by atoms with Crippen molar-refractivity contribution in [2.24, 2.45) is 41.4 Å². The van der Waals surface area contributed by atoms with Crippen LogP contribution in [0.2, 0.25) is 0 Å². The molecule has 3 heteroatoms. The SMILES string of the molecule is CCC(I)C(=O)OC1(C(C)C)CC2CC1C1C3CCC(C3)C21. The zero-order chi connectivity index (χ0) is 15.6. The summed E-state index contributed by atoms with van der Waals surface area (Å²) in [5.41, 5.74) is -0.147. The van der Waals surface area contributed by atoms with Crippen LogP contribution in [0.25, 0.3) is 0 Å². The molecule has 4 rings (SSSR count). The topological polar surface area (TPSA) is 26.3 Å². The highest BCUT2D eigenvalue weighted by Gasteiger charge is 2.69. The summed E-state index contributed by atoms with van der Waals surface area (Å²) in [6, 6.07) is 0. The number of halogens is 1. The molecular weight excluding hydrogens is 387 g/mol. The lowest BCUT2D eigenvalue weighted by molar-refractivity contribution is -0.179. The lowest BCUT2D eigenvalue weighted by Gasteiger charge is -2.48. The third-order valence-electron chi connectivity index (χ3n) is 7.70. The van der Waals surface area contributed by atoms with Crippen LogP contribution >= 0.6 is 22.6 Å². The Morgan fingerprint density at radius 2 is 1.86 bits per heavy atom. The first-order valence-corrected chi connectivity index (χ1v) is 10.6. The zero-order valence-electron chi connectivity index (χ0n) is 14.1. The summed E-state index contributed by atoms with van der Waals surface area (Å²) in [4.78, 5) is 12.5. The summed E-state index contributed by atoms with van der Waals surface area (Å²) < 4.78 is 6.33. The normalized spacial score (nSPS) is 49.7. The predicted octanol–water partition coefficient (Wildman–Crippen LogP) is 4.84. The van der Waals surface area contributed by atoms with E-state index in [1.54, 1.807) is 0 Å². The average Bonchev–Trinajstić information content (AvgIpc) is 3.23. The van der Waals surface area contributed by atoms with Crippen LogP contribution in [0.15, 0.2) is 0 Å². The van der Waals surface area contributed by atoms with Gasteiger partial charge in [0.05, 0.1) is 0 Å². The lowest BCUT2D eigenvalue weighted by Crippen LogP contribution is -2.52. The van der Waals surface area contributed by atoms with Crippen molar-refractivity contribution in [1.82, 2.24) is 0 Å². The van der Waals surface area contributed by atoms with Crippen LogP contribution in [-0.2, 0) is 9.53 Å². The van der Waals surface area contributed by atoms with Crippen LogP contribution in [-0.4, -0.2) is 15.5 Å². The van der Waals surface area contributed by atoms with Crippen molar-refractivity contribution in [2.75, 3.05) is 0 Å². The summed E-state index contributed by atoms with van der Waals surface area (Å²) in [5.74, 6) is 5.81. The minimum Gasteiger partial charge on any atom is -0.458 e. The molecule has 0 aromatic carbocycles. The van der Waals surface area contributed by atoms with Crippen LogP contribution in [0.1, 0.15) is 59.3 Å². The van der Waals surface area contributed by atoms with Crippen LogP contribution in [0, 0.1) is 41.4 Å². The zero-order valence-corrected chi connectivity index (χ0v) is 16.2. The molecule has 4 aliphatic rings. The largest absolute Gasteiger partial charge is 0.458 e. The van der Waals surface area contributed by atoms with E-state index >= 15 is 0 Å². The highest BCUT2D eigenvalue weighted by Crippen LogP contribution is 2.71. The Hall–Kier alpha value is 0.200. The van der Waals surface area contributed by atoms with Gasteiger partial charge in [-0.25, -0.2) is 0 Å². The molecule has 4 saturated carbocycles. The van der Waals surface area contributed by atoms with E-state index in [1.807, 2.05) is 0 Å². The molecule has 22 heavy (non-hydrogen) atoms. The molecule has 124 valence electrons. The van der Waals surface area contributed by atoms with Crippen molar-refractivity contribution in [1.29, 1.82) is 0 Å². The van der Waals surface area contributed by atoms with E-state index < -0.39 is 0 Å². The standard InChI is InChI=1S/C19H29IO2/c1-4-15(20)18(21)22-19(10(2)3)9-13-8-14(19)17-12-6-5-11(7-12)16(13)17/h10-17H,4-9H2,1-3H3. The molecule has 2 nitrogen and oxygen atoms in total. The quantitative estimate of drug-likeness (QED) is 0.284. The van der Waals surface area contributed by atoms with E-state index in [1.165, 1.54) is 25.7 Å². The number of rotatable bonds is 4. The Labute approximate surface area is 148 Å². The third-order valence-corrected chi connectivity index (χ3v) is 9.09. The highest BCUT2D eigenvalue weighted by atomic mass is 127. The lowest BCUT2D eigenvalue weighted by atomic mass is 9.63. The van der Waals surface area contributed by atoms with E-state index in [0.29, 0.717) is 11.8 Å². The fourth-order valence-corrected chi connectivity index (χ4v) is 7.07. The molecule has 0 spiro atoms. The van der Waals surface area contributed by atoms with Crippen molar-refractivity contribution < 1.29 is 9.53 Å². The van der Waals surface area contributed by atoms with Crippen molar-refractivity contribution in [3.63, 3.8) is 0 Å². The number of alkyl halides is 1. The number of esters is 1. The van der Waals surface area contributed by atoms with Gasteiger partial charge in [0.2, 0.25) is 0 Å². The van der Waals surface area contributed by atoms with E-state index in [9.17, 15) is 4.79 Å². The molecule has 0 heterocycles. The van der Waals surface area contributed by atoms with Gasteiger partial charge in [0.25, 0.3) is 0 Å². The Balaban J connectivity index is 1.61. The van der Waals surface area contributed by atoms with Crippen LogP contribution < -0.4 is 0 Å². The molecule has 0 aromatic heterocycles. The second kappa shape index (κ2) is 5.35. The van der Waals surface area contributed by atoms with E-state index in [0.717, 1.165) is 42.4 Å². The van der Waals surface area contributed by atoms with E-state index in [-0.39, 0.29) is 15.5 Å². The van der Waals surface area contributed by atoms with Gasteiger partial charge in [0.15, 0.2) is 0 Å². The van der Waals surface area contributed by atoms with Gasteiger partial charge in [-0.15, -0.1) is 0 Å². The van der Waals surface area contributed by atoms with Gasteiger partial charge >= 0.3 is 5.97 Å². The summed E-state index contributed by atoms with van der Waals surface area (Å²) in [6.45, 7) is 6.64. The molecule has 8 unspecified atom stereocenters. The molecule has 0 amide bonds. The molecule has 4 aliphatic carbocycles. The fraction of sp³-hybridized carbons (Fsp3) is 0.947. The van der Waals surface area contributed by atoms with Gasteiger partial charge in [-0.05, 0) is 74.0 Å². The molecule has 0 aromatic rings. The molecule has 0 radical (unpaired) electrons. The molecule has 4 bridgehead atoms. The second-order valence-electron chi connectivity index (χ2n) is 8.70. The highest BCUT2D eigenvalue weighted by molar-refractivity contribution is 14.1. The predicted molar refractivity (Wildman–Crippen MR) is 95.8 cm³/mol. The Kier molecular flexibility index (Phi) is 3.82. The van der Waals surface area contributed by atoms with E-state index in [4.69, 9.17) is 4.74 Å². The maximum Gasteiger partial charge on any atom is 0.319 e. The van der Waals surface area contributed by atoms with Crippen LogP contribution in [0.5, 0.6) is 0 Å². The van der Waals surface area contributed by atoms with Gasteiger partial charge in [-0.2, -0.15) is 0 Å². The first-order valence-electron chi connectivity index (χ1n) is 9.34. The number of hydrogen-bond acceptors (Lipinski definition) is 2. The number of carbonyl (C=O) groups is 1. The van der Waals surface area contributed by atoms with Crippen LogP contribution in [0.3, 0.4) is 0 Å². The number of fused-ring (bicyclic) bond motifs is 9. The Morgan fingerprint density at radius 3 is 2.50 bits per heavy atom. The minimum atomic E-state index is -0.147. The Bertz CT molecular complexity index is 476. The number of hydrogen-bond donors (Lipinski definition) is 0. The molecular formula is C19H29IO2. The van der Waals surface area contributed by atoms with Gasteiger partial charge in [0.1, 0.15) is 9.53 Å². The third kappa shape index (κ3) is 1.99. The Morgan fingerprint density at radius 1 is 1.18 bits per heavy atom. The maximum absolute atomic E-state index is 12.5. The van der Waals surface area contributed by atoms with Gasteiger partial charge < -0.3 is 4.74 Å². The fourth-order valence-electron chi connectivity index (χ4n) is 6.94. The van der Waals surface area contributed by atoms with Crippen LogP contribution in [0.4, 0.5) is 0 Å². The molecule has 0 N–H and O–H groups in total. The van der Waals surface area contributed by atoms with Gasteiger partial charge in [0, 0.05) is 5.92 Å². The number of carbonyl (C=O) groups excluding carboxylic acids is 1. The average molecular weight is 416 g/mol. The molecule has 8 atom stereocenters. The first-order chi connectivity index (χ1) is 10.5. The minimum absolute atomic E-state index is 0.0168. The van der Waals surface area contributed by atoms with Crippen molar-refractivity contribution in [3.05, 3.63) is 0 Å². The summed E-state index contributed by atoms with van der Waals surface area (Å²) >= 11 is 2.25. The van der Waals surface area contributed by atoms with Crippen molar-refractivity contribution in [2.45, 2.75) is 68.8 Å². The maximum atomic E-state index is 12.5. The molecule has 0 aliphatic heterocycles. The summed E-state index contributed by atoms with van der Waals surface area (Å²) in [5, 5.41) is 0. The number of ether oxygens (including phenoxy) is 1. The van der Waals surface area contributed by atoms with Gasteiger partial charge in [-0.1, -0.05) is 43.4 Å². The first kappa shape index (κ1) is 15.7. The molecule has 4 fully saturated rings. The molecule has 0 saturated heterocycles. The van der Waals surface area contributed by atoms with E-state index in [2.05, 4.69) is 43.4 Å². The summed E-state index contributed by atoms with van der Waals surface area (Å²) in [7, 11) is 0. The monoisotopic (exact) mass is 416 g/mol. The van der Waals surface area contributed by atoms with Crippen molar-refractivity contribution in [3.8, 4) is 0 Å². The summed E-state index contributed by atoms with van der Waals surface area (Å²) in [6.07, 6.45) is 7.77. The van der Waals surface area contributed by atoms with Gasteiger partial charge in [-0.3, -0.25) is 4.79 Å². The smallest absolute Gasteiger partial charge is 0.319 e. The van der Waals surface area contributed by atoms with Crippen molar-refractivity contribution >= 4 is 28.6 Å².